The van der Waals surface area contributed by atoms with Crippen LogP contribution in [0.15, 0.2) is 88.8 Å². The lowest BCUT2D eigenvalue weighted by Gasteiger charge is -2.12. The smallest absolute Gasteiger partial charge is 0.335 e. The number of hydrogen-bond acceptors (Lipinski definition) is 9. The van der Waals surface area contributed by atoms with E-state index >= 15 is 0 Å². The highest BCUT2D eigenvalue weighted by Crippen LogP contribution is 2.31. The molecule has 47 heavy (non-hydrogen) atoms. The number of aromatic nitrogens is 4. The Morgan fingerprint density at radius 1 is 0.979 bits per heavy atom. The Labute approximate surface area is 275 Å². The maximum atomic E-state index is 11.4. The van der Waals surface area contributed by atoms with Gasteiger partial charge in [-0.3, -0.25) is 0 Å². The summed E-state index contributed by atoms with van der Waals surface area (Å²) in [6, 6.07) is 21.9. The molecule has 1 N–H and O–H groups in total. The average molecular weight is 649 g/mol. The van der Waals surface area contributed by atoms with Gasteiger partial charge >= 0.3 is 5.97 Å². The van der Waals surface area contributed by atoms with Gasteiger partial charge in [-0.1, -0.05) is 37.3 Å². The van der Waals surface area contributed by atoms with Crippen molar-refractivity contribution >= 4 is 29.5 Å². The summed E-state index contributed by atoms with van der Waals surface area (Å²) in [4.78, 5) is 20.5. The molecule has 3 heterocycles. The molecule has 0 saturated carbocycles. The first kappa shape index (κ1) is 31.3. The third-order valence-corrected chi connectivity index (χ3v) is 8.26. The number of carboxylic acids is 1. The summed E-state index contributed by atoms with van der Waals surface area (Å²) in [5, 5.41) is 17.2. The Kier molecular flexibility index (Phi) is 9.44. The number of nitrogens with zero attached hydrogens (tertiary/aromatic N) is 4. The zero-order valence-electron chi connectivity index (χ0n) is 26.0. The number of rotatable bonds is 13. The third kappa shape index (κ3) is 7.42. The molecule has 0 aliphatic carbocycles. The number of ether oxygens (including phenoxy) is 3. The van der Waals surface area contributed by atoms with Crippen LogP contribution in [-0.4, -0.2) is 37.9 Å². The molecule has 0 atom stereocenters. The van der Waals surface area contributed by atoms with Gasteiger partial charge in [-0.25, -0.2) is 19.4 Å². The average Bonchev–Trinajstić information content (AvgIpc) is 3.84. The quantitative estimate of drug-likeness (QED) is 0.133. The van der Waals surface area contributed by atoms with Gasteiger partial charge in [0.15, 0.2) is 11.5 Å². The number of aryl methyl sites for hydroxylation is 2. The van der Waals surface area contributed by atoms with Gasteiger partial charge in [0, 0.05) is 17.1 Å². The number of oxazole rings is 1. The zero-order chi connectivity index (χ0) is 32.8. The van der Waals surface area contributed by atoms with Crippen LogP contribution in [0, 0.1) is 6.92 Å². The topological polar surface area (TPSA) is 122 Å². The Hall–Kier alpha value is -5.68. The van der Waals surface area contributed by atoms with E-state index in [1.807, 2.05) is 72.3 Å². The molecule has 6 aromatic rings. The fourth-order valence-electron chi connectivity index (χ4n) is 4.74. The molecular formula is C36H32N4O6S. The van der Waals surface area contributed by atoms with E-state index in [1.165, 1.54) is 12.1 Å². The number of hydrogen-bond donors (Lipinski definition) is 1. The molecule has 0 spiro atoms. The molecule has 3 aromatic heterocycles. The normalized spacial score (nSPS) is 11.2. The van der Waals surface area contributed by atoms with E-state index in [0.29, 0.717) is 40.3 Å². The van der Waals surface area contributed by atoms with Gasteiger partial charge in [-0.05, 0) is 73.5 Å². The van der Waals surface area contributed by atoms with Crippen LogP contribution in [0.4, 0.5) is 0 Å². The minimum absolute atomic E-state index is 0.130. The number of aromatic carboxylic acids is 1. The largest absolute Gasteiger partial charge is 0.493 e. The van der Waals surface area contributed by atoms with E-state index < -0.39 is 5.97 Å². The van der Waals surface area contributed by atoms with Crippen molar-refractivity contribution in [2.75, 3.05) is 7.11 Å². The number of carboxylic acid groups (broad SMARTS) is 1. The van der Waals surface area contributed by atoms with Crippen molar-refractivity contribution in [2.24, 2.45) is 0 Å². The lowest BCUT2D eigenvalue weighted by Crippen LogP contribution is -2.02. The molecule has 0 radical (unpaired) electrons. The summed E-state index contributed by atoms with van der Waals surface area (Å²) in [6.45, 7) is 4.26. The van der Waals surface area contributed by atoms with Gasteiger partial charge in [0.1, 0.15) is 24.7 Å². The van der Waals surface area contributed by atoms with Crippen LogP contribution >= 0.6 is 11.3 Å². The highest BCUT2D eigenvalue weighted by molar-refractivity contribution is 7.09. The lowest BCUT2D eigenvalue weighted by molar-refractivity contribution is 0.0697. The molecule has 0 saturated heterocycles. The lowest BCUT2D eigenvalue weighted by atomic mass is 10.1. The second-order valence-electron chi connectivity index (χ2n) is 10.5. The minimum atomic E-state index is -1.02. The van der Waals surface area contributed by atoms with Crippen LogP contribution in [0.25, 0.3) is 29.3 Å². The number of para-hydroxylation sites is 1. The summed E-state index contributed by atoms with van der Waals surface area (Å²) < 4.78 is 25.5. The van der Waals surface area contributed by atoms with Gasteiger partial charge < -0.3 is 23.7 Å². The number of benzene rings is 3. The molecule has 11 heteroatoms. The molecule has 0 unspecified atom stereocenters. The Bertz CT molecular complexity index is 2030. The van der Waals surface area contributed by atoms with Crippen molar-refractivity contribution in [2.45, 2.75) is 33.5 Å². The molecular weight excluding hydrogens is 616 g/mol. The predicted octanol–water partition coefficient (Wildman–Crippen LogP) is 7.89. The highest BCUT2D eigenvalue weighted by atomic mass is 32.1. The predicted molar refractivity (Wildman–Crippen MR) is 179 cm³/mol. The zero-order valence-corrected chi connectivity index (χ0v) is 26.9. The van der Waals surface area contributed by atoms with Crippen LogP contribution in [0.3, 0.4) is 0 Å². The van der Waals surface area contributed by atoms with Gasteiger partial charge in [0.2, 0.25) is 11.8 Å². The van der Waals surface area contributed by atoms with E-state index in [2.05, 4.69) is 16.9 Å². The first-order chi connectivity index (χ1) is 22.9. The first-order valence-corrected chi connectivity index (χ1v) is 15.8. The van der Waals surface area contributed by atoms with Crippen LogP contribution in [-0.2, 0) is 19.6 Å². The maximum Gasteiger partial charge on any atom is 0.335 e. The van der Waals surface area contributed by atoms with Crippen molar-refractivity contribution in [3.05, 3.63) is 123 Å². The van der Waals surface area contributed by atoms with E-state index in [4.69, 9.17) is 23.7 Å². The standard InChI is InChI=1S/C36H32N4O6S/c1-4-33-37-28(22-47-33)15-14-27-19-40(29-11-6-5-7-12-29)39-35(27)45-20-24-13-16-31(32(17-24)43-3)44-21-30-23(2)46-34(38-30)25-9-8-10-26(18-25)36(41)42/h5-19,22H,4,20-21H2,1-3H3,(H,41,42)/b15-14+. The van der Waals surface area contributed by atoms with Gasteiger partial charge in [-0.15, -0.1) is 16.4 Å². The summed E-state index contributed by atoms with van der Waals surface area (Å²) in [6.07, 6.45) is 6.77. The summed E-state index contributed by atoms with van der Waals surface area (Å²) in [7, 11) is 1.58. The van der Waals surface area contributed by atoms with Crippen LogP contribution in [0.2, 0.25) is 0 Å². The molecule has 0 bridgehead atoms. The molecule has 0 aliphatic rings. The second kappa shape index (κ2) is 14.2. The Morgan fingerprint density at radius 2 is 1.83 bits per heavy atom. The van der Waals surface area contributed by atoms with Crippen molar-refractivity contribution < 1.29 is 28.5 Å². The number of carbonyl (C=O) groups is 1. The minimum Gasteiger partial charge on any atom is -0.493 e. The summed E-state index contributed by atoms with van der Waals surface area (Å²) >= 11 is 1.64. The van der Waals surface area contributed by atoms with Crippen molar-refractivity contribution in [3.63, 3.8) is 0 Å². The van der Waals surface area contributed by atoms with Crippen LogP contribution < -0.4 is 14.2 Å². The number of thiazole rings is 1. The van der Waals surface area contributed by atoms with E-state index in [1.54, 1.807) is 42.2 Å². The molecule has 10 nitrogen and oxygen atoms in total. The van der Waals surface area contributed by atoms with Crippen molar-refractivity contribution in [3.8, 4) is 34.5 Å². The Balaban J connectivity index is 1.16. The van der Waals surface area contributed by atoms with Gasteiger partial charge in [-0.2, -0.15) is 0 Å². The maximum absolute atomic E-state index is 11.4. The molecule has 0 amide bonds. The van der Waals surface area contributed by atoms with E-state index in [9.17, 15) is 9.90 Å². The monoisotopic (exact) mass is 648 g/mol. The Morgan fingerprint density at radius 3 is 2.60 bits per heavy atom. The van der Waals surface area contributed by atoms with E-state index in [0.717, 1.165) is 33.9 Å². The number of methoxy groups -OCH3 is 1. The summed E-state index contributed by atoms with van der Waals surface area (Å²) in [5.74, 6) is 1.43. The molecule has 238 valence electrons. The molecule has 6 rings (SSSR count). The summed E-state index contributed by atoms with van der Waals surface area (Å²) in [5.41, 5.74) is 4.83. The van der Waals surface area contributed by atoms with Crippen LogP contribution in [0.5, 0.6) is 17.4 Å². The van der Waals surface area contributed by atoms with Gasteiger partial charge in [0.05, 0.1) is 34.6 Å². The third-order valence-electron chi connectivity index (χ3n) is 7.25. The van der Waals surface area contributed by atoms with Crippen molar-refractivity contribution in [1.82, 2.24) is 19.7 Å². The SMILES string of the molecule is CCc1nc(/C=C/c2cn(-c3ccccc3)nc2OCc2ccc(OCc3nc(-c4cccc(C(=O)O)c4)oc3C)c(OC)c2)cs1. The van der Waals surface area contributed by atoms with Crippen molar-refractivity contribution in [1.29, 1.82) is 0 Å². The molecule has 3 aromatic carbocycles. The molecule has 0 aliphatic heterocycles. The first-order valence-electron chi connectivity index (χ1n) is 14.9. The highest BCUT2D eigenvalue weighted by Gasteiger charge is 2.16. The van der Waals surface area contributed by atoms with E-state index in [-0.39, 0.29) is 18.8 Å². The van der Waals surface area contributed by atoms with Gasteiger partial charge in [0.25, 0.3) is 0 Å². The fraction of sp³-hybridized carbons (Fsp3) is 0.167. The fourth-order valence-corrected chi connectivity index (χ4v) is 5.45. The van der Waals surface area contributed by atoms with Crippen LogP contribution in [0.1, 0.15) is 50.6 Å². The molecule has 0 fully saturated rings. The second-order valence-corrected chi connectivity index (χ2v) is 11.4.